The van der Waals surface area contributed by atoms with Gasteiger partial charge in [0.1, 0.15) is 4.34 Å². The number of rotatable bonds is 3. The highest BCUT2D eigenvalue weighted by Gasteiger charge is 2.14. The zero-order valence-electron chi connectivity index (χ0n) is 10.2. The third-order valence-corrected chi connectivity index (χ3v) is 4.71. The second kappa shape index (κ2) is 6.18. The fourth-order valence-electron chi connectivity index (χ4n) is 1.53. The summed E-state index contributed by atoms with van der Waals surface area (Å²) < 4.78 is 1.79. The van der Waals surface area contributed by atoms with E-state index in [2.05, 4.69) is 5.32 Å². The van der Waals surface area contributed by atoms with Gasteiger partial charge >= 0.3 is 0 Å². The molecule has 2 heterocycles. The van der Waals surface area contributed by atoms with Crippen molar-refractivity contribution in [1.82, 2.24) is 4.57 Å². The monoisotopic (exact) mass is 350 g/mol. The molecule has 0 bridgehead atoms. The molecule has 2 aromatic heterocycles. The summed E-state index contributed by atoms with van der Waals surface area (Å²) in [5.74, 6) is -0.382. The van der Waals surface area contributed by atoms with Gasteiger partial charge in [-0.1, -0.05) is 34.8 Å². The molecule has 2 rings (SSSR count). The summed E-state index contributed by atoms with van der Waals surface area (Å²) in [6.45, 7) is 2.30. The predicted octanol–water partition coefficient (Wildman–Crippen LogP) is 4.14. The number of anilines is 1. The SMILES string of the molecule is CCn1cc(NC(=O)c2cc(Cl)c(Cl)s2)c(Cl)cc1=O. The number of nitrogens with one attached hydrogen (secondary N) is 1. The quantitative estimate of drug-likeness (QED) is 0.903. The van der Waals surface area contributed by atoms with E-state index in [1.165, 1.54) is 22.9 Å². The minimum Gasteiger partial charge on any atom is -0.319 e. The van der Waals surface area contributed by atoms with Gasteiger partial charge in [0.25, 0.3) is 11.5 Å². The molecule has 0 aliphatic carbocycles. The molecule has 0 aliphatic heterocycles. The molecule has 0 unspecified atom stereocenters. The molecule has 0 fully saturated rings. The van der Waals surface area contributed by atoms with Gasteiger partial charge in [-0.3, -0.25) is 9.59 Å². The molecule has 8 heteroatoms. The van der Waals surface area contributed by atoms with Gasteiger partial charge in [0.05, 0.1) is 20.6 Å². The van der Waals surface area contributed by atoms with Crippen LogP contribution in [0.2, 0.25) is 14.4 Å². The zero-order valence-corrected chi connectivity index (χ0v) is 13.3. The Balaban J connectivity index is 2.30. The van der Waals surface area contributed by atoms with Crippen molar-refractivity contribution in [3.05, 3.63) is 47.9 Å². The first kappa shape index (κ1) is 15.4. The lowest BCUT2D eigenvalue weighted by Gasteiger charge is -2.09. The van der Waals surface area contributed by atoms with Gasteiger partial charge < -0.3 is 9.88 Å². The van der Waals surface area contributed by atoms with Crippen molar-refractivity contribution >= 4 is 57.7 Å². The maximum absolute atomic E-state index is 12.1. The molecule has 0 atom stereocenters. The van der Waals surface area contributed by atoms with Crippen molar-refractivity contribution in [2.24, 2.45) is 0 Å². The number of aromatic nitrogens is 1. The Morgan fingerprint density at radius 1 is 1.30 bits per heavy atom. The summed E-state index contributed by atoms with van der Waals surface area (Å²) in [6, 6.07) is 2.74. The Morgan fingerprint density at radius 2 is 2.00 bits per heavy atom. The summed E-state index contributed by atoms with van der Waals surface area (Å²) in [4.78, 5) is 24.0. The van der Waals surface area contributed by atoms with Crippen LogP contribution in [-0.2, 0) is 6.54 Å². The molecular formula is C12H9Cl3N2O2S. The van der Waals surface area contributed by atoms with E-state index < -0.39 is 0 Å². The van der Waals surface area contributed by atoms with Crippen molar-refractivity contribution in [1.29, 1.82) is 0 Å². The second-order valence-corrected chi connectivity index (χ2v) is 6.31. The van der Waals surface area contributed by atoms with Gasteiger partial charge in [0, 0.05) is 18.8 Å². The van der Waals surface area contributed by atoms with Crippen molar-refractivity contribution in [3.63, 3.8) is 0 Å². The fourth-order valence-corrected chi connectivity index (χ4v) is 2.98. The van der Waals surface area contributed by atoms with E-state index in [1.807, 2.05) is 6.92 Å². The number of amides is 1. The van der Waals surface area contributed by atoms with Crippen molar-refractivity contribution in [2.45, 2.75) is 13.5 Å². The molecule has 0 saturated heterocycles. The minimum atomic E-state index is -0.382. The van der Waals surface area contributed by atoms with Crippen molar-refractivity contribution < 1.29 is 4.79 Å². The maximum atomic E-state index is 12.1. The van der Waals surface area contributed by atoms with Gasteiger partial charge in [-0.15, -0.1) is 11.3 Å². The van der Waals surface area contributed by atoms with Crippen LogP contribution in [0.25, 0.3) is 0 Å². The molecule has 2 aromatic rings. The number of pyridine rings is 1. The van der Waals surface area contributed by atoms with Crippen LogP contribution in [0.1, 0.15) is 16.6 Å². The Hall–Kier alpha value is -1.01. The highest BCUT2D eigenvalue weighted by Crippen LogP contribution is 2.32. The van der Waals surface area contributed by atoms with Crippen LogP contribution in [0, 0.1) is 0 Å². The highest BCUT2D eigenvalue weighted by atomic mass is 35.5. The van der Waals surface area contributed by atoms with E-state index in [9.17, 15) is 9.59 Å². The number of nitrogens with zero attached hydrogens (tertiary/aromatic N) is 1. The van der Waals surface area contributed by atoms with Crippen LogP contribution in [0.5, 0.6) is 0 Å². The van der Waals surface area contributed by atoms with Crippen LogP contribution in [0.15, 0.2) is 23.1 Å². The van der Waals surface area contributed by atoms with Gasteiger partial charge in [-0.05, 0) is 13.0 Å². The van der Waals surface area contributed by atoms with Crippen molar-refractivity contribution in [2.75, 3.05) is 5.32 Å². The van der Waals surface area contributed by atoms with Crippen LogP contribution in [0.4, 0.5) is 5.69 Å². The second-order valence-electron chi connectivity index (χ2n) is 3.85. The lowest BCUT2D eigenvalue weighted by molar-refractivity contribution is 0.103. The number of carbonyl (C=O) groups excluding carboxylic acids is 1. The standard InChI is InChI=1S/C12H9Cl3N2O2S/c1-2-17-5-8(6(13)4-10(17)18)16-12(19)9-3-7(14)11(15)20-9/h3-5H,2H2,1H3,(H,16,19). The topological polar surface area (TPSA) is 51.1 Å². The first-order chi connectivity index (χ1) is 9.42. The third kappa shape index (κ3) is 3.17. The maximum Gasteiger partial charge on any atom is 0.265 e. The summed E-state index contributed by atoms with van der Waals surface area (Å²) in [7, 11) is 0. The van der Waals surface area contributed by atoms with Crippen molar-refractivity contribution in [3.8, 4) is 0 Å². The molecule has 4 nitrogen and oxygen atoms in total. The van der Waals surface area contributed by atoms with E-state index in [-0.39, 0.29) is 16.5 Å². The molecule has 106 valence electrons. The molecule has 0 spiro atoms. The molecule has 1 N–H and O–H groups in total. The summed E-state index contributed by atoms with van der Waals surface area (Å²) in [5, 5.41) is 3.14. The molecule has 0 radical (unpaired) electrons. The van der Waals surface area contributed by atoms with E-state index >= 15 is 0 Å². The number of hydrogen-bond donors (Lipinski definition) is 1. The lowest BCUT2D eigenvalue weighted by atomic mass is 10.3. The normalized spacial score (nSPS) is 10.6. The van der Waals surface area contributed by atoms with E-state index in [0.29, 0.717) is 26.5 Å². The Morgan fingerprint density at radius 3 is 2.55 bits per heavy atom. The minimum absolute atomic E-state index is 0.182. The fraction of sp³-hybridized carbons (Fsp3) is 0.167. The third-order valence-electron chi connectivity index (χ3n) is 2.53. The molecule has 0 aromatic carbocycles. The largest absolute Gasteiger partial charge is 0.319 e. The number of hydrogen-bond acceptors (Lipinski definition) is 3. The Labute approximate surface area is 133 Å². The highest BCUT2D eigenvalue weighted by molar-refractivity contribution is 7.18. The van der Waals surface area contributed by atoms with E-state index in [1.54, 1.807) is 0 Å². The average Bonchev–Trinajstić information content (AvgIpc) is 2.73. The molecule has 20 heavy (non-hydrogen) atoms. The summed E-state index contributed by atoms with van der Waals surface area (Å²) >= 11 is 18.6. The van der Waals surface area contributed by atoms with Gasteiger partial charge in [-0.2, -0.15) is 0 Å². The van der Waals surface area contributed by atoms with Crippen LogP contribution < -0.4 is 10.9 Å². The summed E-state index contributed by atoms with van der Waals surface area (Å²) in [5.41, 5.74) is 0.136. The average molecular weight is 352 g/mol. The number of halogens is 3. The number of carbonyl (C=O) groups is 1. The molecule has 1 amide bonds. The van der Waals surface area contributed by atoms with Gasteiger partial charge in [0.2, 0.25) is 0 Å². The lowest BCUT2D eigenvalue weighted by Crippen LogP contribution is -2.20. The van der Waals surface area contributed by atoms with Crippen LogP contribution >= 0.6 is 46.1 Å². The number of aryl methyl sites for hydroxylation is 1. The summed E-state index contributed by atoms with van der Waals surface area (Å²) in [6.07, 6.45) is 1.50. The van der Waals surface area contributed by atoms with E-state index in [0.717, 1.165) is 11.3 Å². The first-order valence-electron chi connectivity index (χ1n) is 5.58. The van der Waals surface area contributed by atoms with E-state index in [4.69, 9.17) is 34.8 Å². The molecule has 0 saturated carbocycles. The van der Waals surface area contributed by atoms with Crippen LogP contribution in [0.3, 0.4) is 0 Å². The Kier molecular flexibility index (Phi) is 4.75. The first-order valence-corrected chi connectivity index (χ1v) is 7.53. The number of thiophene rings is 1. The zero-order chi connectivity index (χ0) is 14.9. The molecular weight excluding hydrogens is 343 g/mol. The molecule has 0 aliphatic rings. The van der Waals surface area contributed by atoms with Gasteiger partial charge in [-0.25, -0.2) is 0 Å². The smallest absolute Gasteiger partial charge is 0.265 e. The Bertz CT molecular complexity index is 704. The predicted molar refractivity (Wildman–Crippen MR) is 83.7 cm³/mol. The van der Waals surface area contributed by atoms with Crippen LogP contribution in [-0.4, -0.2) is 10.5 Å². The van der Waals surface area contributed by atoms with Gasteiger partial charge in [0.15, 0.2) is 0 Å².